The fourth-order valence-corrected chi connectivity index (χ4v) is 5.44. The molecule has 194 valence electrons. The highest BCUT2D eigenvalue weighted by molar-refractivity contribution is 7.90. The number of rotatable bonds is 8. The maximum atomic E-state index is 13.3. The summed E-state index contributed by atoms with van der Waals surface area (Å²) in [6, 6.07) is 37.5. The molecule has 7 heteroatoms. The lowest BCUT2D eigenvalue weighted by atomic mass is 9.91. The average Bonchev–Trinajstić information content (AvgIpc) is 2.97. The summed E-state index contributed by atoms with van der Waals surface area (Å²) in [4.78, 5) is 13.3. The number of carbonyl (C=O) groups excluding carboxylic acids is 1. The molecule has 5 rings (SSSR count). The molecule has 0 radical (unpaired) electrons. The largest absolute Gasteiger partial charge is 0.488 e. The lowest BCUT2D eigenvalue weighted by Gasteiger charge is -2.17. The van der Waals surface area contributed by atoms with Crippen LogP contribution in [0.25, 0.3) is 22.3 Å². The van der Waals surface area contributed by atoms with Crippen molar-refractivity contribution in [2.24, 2.45) is 0 Å². The van der Waals surface area contributed by atoms with Gasteiger partial charge in [-0.2, -0.15) is 0 Å². The molecule has 1 N–H and O–H groups in total. The summed E-state index contributed by atoms with van der Waals surface area (Å²) in [5.41, 5.74) is 4.08. The number of halogens is 1. The van der Waals surface area contributed by atoms with E-state index in [0.717, 1.165) is 22.3 Å². The summed E-state index contributed by atoms with van der Waals surface area (Å²) in [5.74, 6) is -0.0970. The van der Waals surface area contributed by atoms with E-state index < -0.39 is 15.9 Å². The number of nitrogens with one attached hydrogen (secondary N) is 1. The number of sulfonamides is 1. The summed E-state index contributed by atoms with van der Waals surface area (Å²) < 4.78 is 34.1. The van der Waals surface area contributed by atoms with Crippen LogP contribution in [0.3, 0.4) is 0 Å². The van der Waals surface area contributed by atoms with Crippen molar-refractivity contribution in [2.75, 3.05) is 0 Å². The van der Waals surface area contributed by atoms with Gasteiger partial charge in [0.25, 0.3) is 15.9 Å². The normalized spacial score (nSPS) is 11.1. The van der Waals surface area contributed by atoms with Crippen LogP contribution in [0.15, 0.2) is 132 Å². The topological polar surface area (TPSA) is 72.5 Å². The Morgan fingerprint density at radius 3 is 1.92 bits per heavy atom. The van der Waals surface area contributed by atoms with E-state index in [9.17, 15) is 13.2 Å². The third-order valence-corrected chi connectivity index (χ3v) is 7.72. The smallest absolute Gasteiger partial charge is 0.265 e. The molecule has 0 unspecified atom stereocenters. The molecule has 0 heterocycles. The molecule has 0 saturated heterocycles. The van der Waals surface area contributed by atoms with Crippen LogP contribution in [0, 0.1) is 0 Å². The Labute approximate surface area is 232 Å². The average molecular weight is 554 g/mol. The molecule has 0 atom stereocenters. The zero-order valence-electron chi connectivity index (χ0n) is 20.8. The third kappa shape index (κ3) is 6.03. The summed E-state index contributed by atoms with van der Waals surface area (Å²) in [6.45, 7) is 0.369. The first-order chi connectivity index (χ1) is 18.9. The fraction of sp³-hybridized carbons (Fsp3) is 0.0312. The molecule has 5 nitrogen and oxygen atoms in total. The number of benzene rings is 5. The molecule has 0 bridgehead atoms. The maximum Gasteiger partial charge on any atom is 0.265 e. The molecule has 0 aliphatic heterocycles. The van der Waals surface area contributed by atoms with Crippen molar-refractivity contribution in [1.29, 1.82) is 0 Å². The van der Waals surface area contributed by atoms with Crippen LogP contribution in [0.4, 0.5) is 0 Å². The van der Waals surface area contributed by atoms with Gasteiger partial charge in [0.15, 0.2) is 0 Å². The lowest BCUT2D eigenvalue weighted by Crippen LogP contribution is -2.30. The van der Waals surface area contributed by atoms with E-state index >= 15 is 0 Å². The maximum absolute atomic E-state index is 13.3. The van der Waals surface area contributed by atoms with Crippen LogP contribution in [0.2, 0.25) is 5.02 Å². The quantitative estimate of drug-likeness (QED) is 0.218. The van der Waals surface area contributed by atoms with Gasteiger partial charge in [0.05, 0.1) is 4.90 Å². The van der Waals surface area contributed by atoms with Crippen molar-refractivity contribution in [2.45, 2.75) is 11.5 Å². The Morgan fingerprint density at radius 2 is 1.23 bits per heavy atom. The Kier molecular flexibility index (Phi) is 7.77. The van der Waals surface area contributed by atoms with E-state index in [4.69, 9.17) is 16.3 Å². The highest BCUT2D eigenvalue weighted by Crippen LogP contribution is 2.40. The molecule has 0 saturated carbocycles. The zero-order valence-corrected chi connectivity index (χ0v) is 22.3. The van der Waals surface area contributed by atoms with E-state index in [-0.39, 0.29) is 10.5 Å². The van der Waals surface area contributed by atoms with Gasteiger partial charge in [0.1, 0.15) is 12.4 Å². The second-order valence-corrected chi connectivity index (χ2v) is 10.9. The molecule has 0 spiro atoms. The Balaban J connectivity index is 1.53. The van der Waals surface area contributed by atoms with Gasteiger partial charge in [-0.15, -0.1) is 0 Å². The number of carbonyl (C=O) groups is 1. The van der Waals surface area contributed by atoms with Gasteiger partial charge in [-0.25, -0.2) is 13.1 Å². The monoisotopic (exact) mass is 553 g/mol. The van der Waals surface area contributed by atoms with E-state index in [1.54, 1.807) is 48.5 Å². The van der Waals surface area contributed by atoms with Crippen molar-refractivity contribution in [1.82, 2.24) is 4.72 Å². The summed E-state index contributed by atoms with van der Waals surface area (Å²) in [6.07, 6.45) is 0. The predicted octanol–water partition coefficient (Wildman–Crippen LogP) is 7.37. The standard InChI is InChI=1S/C32H24ClNO4S/c33-24-19-20-31(38-22-23-11-3-1-4-12-23)30(21-24)28-17-8-7-15-26(28)27-16-9-10-18-29(27)32(35)34-39(36,37)25-13-5-2-6-14-25/h1-21H,22H2,(H,34,35). The molecule has 0 aliphatic rings. The van der Waals surface area contributed by atoms with Crippen LogP contribution >= 0.6 is 11.6 Å². The minimum atomic E-state index is -4.05. The van der Waals surface area contributed by atoms with E-state index in [1.165, 1.54) is 12.1 Å². The van der Waals surface area contributed by atoms with Crippen molar-refractivity contribution >= 4 is 27.5 Å². The molecular weight excluding hydrogens is 530 g/mol. The van der Waals surface area contributed by atoms with Gasteiger partial charge in [-0.1, -0.05) is 103 Å². The van der Waals surface area contributed by atoms with Crippen molar-refractivity contribution in [3.63, 3.8) is 0 Å². The first kappa shape index (κ1) is 26.2. The van der Waals surface area contributed by atoms with Gasteiger partial charge in [0, 0.05) is 16.1 Å². The molecular formula is C32H24ClNO4S. The first-order valence-electron chi connectivity index (χ1n) is 12.2. The summed E-state index contributed by atoms with van der Waals surface area (Å²) in [5, 5.41) is 0.534. The molecule has 5 aromatic carbocycles. The number of amides is 1. The molecule has 5 aromatic rings. The number of hydrogen-bond acceptors (Lipinski definition) is 4. The predicted molar refractivity (Wildman–Crippen MR) is 154 cm³/mol. The molecule has 1 amide bonds. The van der Waals surface area contributed by atoms with Crippen LogP contribution in [-0.2, 0) is 16.6 Å². The van der Waals surface area contributed by atoms with E-state index in [0.29, 0.717) is 22.9 Å². The molecule has 0 fully saturated rings. The van der Waals surface area contributed by atoms with Crippen LogP contribution in [-0.4, -0.2) is 14.3 Å². The Hall–Kier alpha value is -4.39. The summed E-state index contributed by atoms with van der Waals surface area (Å²) >= 11 is 6.41. The zero-order chi connectivity index (χ0) is 27.2. The minimum absolute atomic E-state index is 0.00960. The van der Waals surface area contributed by atoms with Crippen molar-refractivity contribution in [3.05, 3.63) is 144 Å². The second-order valence-electron chi connectivity index (χ2n) is 8.75. The van der Waals surface area contributed by atoms with Gasteiger partial charge < -0.3 is 4.74 Å². The Morgan fingerprint density at radius 1 is 0.667 bits per heavy atom. The van der Waals surface area contributed by atoms with Crippen LogP contribution < -0.4 is 9.46 Å². The third-order valence-electron chi connectivity index (χ3n) is 6.14. The van der Waals surface area contributed by atoms with Gasteiger partial charge in [-0.3, -0.25) is 4.79 Å². The summed E-state index contributed by atoms with van der Waals surface area (Å²) in [7, 11) is -4.05. The first-order valence-corrected chi connectivity index (χ1v) is 14.1. The van der Waals surface area contributed by atoms with Crippen molar-refractivity contribution in [3.8, 4) is 28.0 Å². The van der Waals surface area contributed by atoms with Crippen LogP contribution in [0.1, 0.15) is 15.9 Å². The SMILES string of the molecule is O=C(NS(=O)(=O)c1ccccc1)c1ccccc1-c1ccccc1-c1cc(Cl)ccc1OCc1ccccc1. The van der Waals surface area contributed by atoms with Gasteiger partial charge in [-0.05, 0) is 58.7 Å². The minimum Gasteiger partial charge on any atom is -0.488 e. The molecule has 0 aromatic heterocycles. The molecule has 39 heavy (non-hydrogen) atoms. The van der Waals surface area contributed by atoms with Gasteiger partial charge >= 0.3 is 0 Å². The lowest BCUT2D eigenvalue weighted by molar-refractivity contribution is 0.0982. The Bertz CT molecular complexity index is 1720. The highest BCUT2D eigenvalue weighted by Gasteiger charge is 2.22. The molecule has 0 aliphatic carbocycles. The number of ether oxygens (including phenoxy) is 1. The second kappa shape index (κ2) is 11.6. The fourth-order valence-electron chi connectivity index (χ4n) is 4.28. The van der Waals surface area contributed by atoms with E-state index in [2.05, 4.69) is 4.72 Å². The number of hydrogen-bond donors (Lipinski definition) is 1. The van der Waals surface area contributed by atoms with Gasteiger partial charge in [0.2, 0.25) is 0 Å². The van der Waals surface area contributed by atoms with Crippen molar-refractivity contribution < 1.29 is 17.9 Å². The van der Waals surface area contributed by atoms with Crippen LogP contribution in [0.5, 0.6) is 5.75 Å². The highest BCUT2D eigenvalue weighted by atomic mass is 35.5. The van der Waals surface area contributed by atoms with E-state index in [1.807, 2.05) is 66.7 Å².